The average molecular weight is 715 g/mol. The Labute approximate surface area is 313 Å². The monoisotopic (exact) mass is 714 g/mol. The van der Waals surface area contributed by atoms with E-state index < -0.39 is 0 Å². The molecule has 2 N–H and O–H groups in total. The number of aliphatic hydroxyl groups is 1. The molecule has 0 saturated carbocycles. The molecule has 0 bridgehead atoms. The summed E-state index contributed by atoms with van der Waals surface area (Å²) in [4.78, 5) is 26.9. The number of amides is 1. The third-order valence-electron chi connectivity index (χ3n) is 10.3. The summed E-state index contributed by atoms with van der Waals surface area (Å²) < 4.78 is 12.2. The molecule has 10 nitrogen and oxygen atoms in total. The Bertz CT molecular complexity index is 1970. The summed E-state index contributed by atoms with van der Waals surface area (Å²) in [7, 11) is 1.70. The van der Waals surface area contributed by atoms with Gasteiger partial charge >= 0.3 is 0 Å². The number of hydrogen-bond donors (Lipinski definition) is 2. The predicted octanol–water partition coefficient (Wildman–Crippen LogP) is 7.48. The predicted molar refractivity (Wildman–Crippen MR) is 209 cm³/mol. The normalized spacial score (nSPS) is 17.9. The fraction of sp³-hybridized carbons (Fsp3) is 0.395. The summed E-state index contributed by atoms with van der Waals surface area (Å²) in [6.45, 7) is 10.9. The lowest BCUT2D eigenvalue weighted by molar-refractivity contribution is 0.102. The van der Waals surface area contributed by atoms with E-state index in [1.807, 2.05) is 61.5 Å². The molecule has 2 fully saturated rings. The van der Waals surface area contributed by atoms with Crippen LogP contribution in [0.1, 0.15) is 90.0 Å². The van der Waals surface area contributed by atoms with Crippen LogP contribution < -0.4 is 14.8 Å². The first-order valence-corrected chi connectivity index (χ1v) is 18.7. The van der Waals surface area contributed by atoms with E-state index in [1.54, 1.807) is 25.6 Å². The Morgan fingerprint density at radius 2 is 1.91 bits per heavy atom. The van der Waals surface area contributed by atoms with E-state index in [1.165, 1.54) is 19.3 Å². The molecule has 0 unspecified atom stereocenters. The van der Waals surface area contributed by atoms with E-state index in [-0.39, 0.29) is 12.0 Å². The smallest absolute Gasteiger partial charge is 0.274 e. The number of β-amino-alcohol motifs (C(OH)–C–C–N with tert-alkyl or cyclic N) is 1. The van der Waals surface area contributed by atoms with Gasteiger partial charge in [0.25, 0.3) is 5.91 Å². The minimum absolute atomic E-state index is 0.281. The summed E-state index contributed by atoms with van der Waals surface area (Å²) in [5.41, 5.74) is 7.21. The molecule has 276 valence electrons. The minimum Gasteiger partial charge on any atom is -0.496 e. The van der Waals surface area contributed by atoms with Crippen molar-refractivity contribution in [3.8, 4) is 28.7 Å². The molecule has 10 heteroatoms. The van der Waals surface area contributed by atoms with Gasteiger partial charge in [-0.25, -0.2) is 0 Å². The number of carbonyl (C=O) groups excluding carboxylic acids is 1. The van der Waals surface area contributed by atoms with Crippen LogP contribution in [0.25, 0.3) is 23.3 Å². The molecule has 4 aromatic rings. The van der Waals surface area contributed by atoms with Crippen molar-refractivity contribution in [3.05, 3.63) is 100 Å². The second-order valence-corrected chi connectivity index (χ2v) is 14.1. The fourth-order valence-electron chi connectivity index (χ4n) is 7.25. The van der Waals surface area contributed by atoms with Crippen LogP contribution >= 0.6 is 0 Å². The quantitative estimate of drug-likeness (QED) is 0.145. The first-order valence-electron chi connectivity index (χ1n) is 18.7. The Morgan fingerprint density at radius 3 is 2.62 bits per heavy atom. The molecule has 0 spiro atoms. The molecule has 0 radical (unpaired) electrons. The molecule has 6 rings (SSSR count). The molecule has 2 aliphatic heterocycles. The number of nitrogens with one attached hydrogen (secondary N) is 1. The van der Waals surface area contributed by atoms with Gasteiger partial charge in [0, 0.05) is 55.9 Å². The van der Waals surface area contributed by atoms with Crippen molar-refractivity contribution in [2.75, 3.05) is 38.7 Å². The van der Waals surface area contributed by atoms with Crippen molar-refractivity contribution in [1.82, 2.24) is 19.8 Å². The van der Waals surface area contributed by atoms with E-state index in [0.29, 0.717) is 48.4 Å². The number of anilines is 1. The summed E-state index contributed by atoms with van der Waals surface area (Å²) in [6.07, 6.45) is 12.3. The van der Waals surface area contributed by atoms with Gasteiger partial charge < -0.3 is 19.9 Å². The van der Waals surface area contributed by atoms with Gasteiger partial charge in [0.05, 0.1) is 36.6 Å². The van der Waals surface area contributed by atoms with Gasteiger partial charge in [-0.1, -0.05) is 37.6 Å². The maximum absolute atomic E-state index is 13.3. The van der Waals surface area contributed by atoms with Crippen LogP contribution in [0.3, 0.4) is 0 Å². The van der Waals surface area contributed by atoms with Gasteiger partial charge in [-0.15, -0.1) is 0 Å². The fourth-order valence-corrected chi connectivity index (χ4v) is 7.25. The molecule has 2 aromatic carbocycles. The van der Waals surface area contributed by atoms with Gasteiger partial charge in [-0.05, 0) is 105 Å². The van der Waals surface area contributed by atoms with Crippen LogP contribution in [0.2, 0.25) is 0 Å². The number of piperidine rings is 1. The highest BCUT2D eigenvalue weighted by molar-refractivity contribution is 6.03. The molecular weight excluding hydrogens is 665 g/mol. The minimum atomic E-state index is -0.318. The lowest BCUT2D eigenvalue weighted by Gasteiger charge is -2.34. The topological polar surface area (TPSA) is 124 Å². The van der Waals surface area contributed by atoms with Crippen LogP contribution in [-0.2, 0) is 13.1 Å². The number of rotatable bonds is 13. The number of ether oxygens (including phenoxy) is 2. The number of aliphatic hydroxyl groups excluding tert-OH is 1. The number of benzene rings is 2. The molecule has 2 atom stereocenters. The van der Waals surface area contributed by atoms with Crippen molar-refractivity contribution in [1.29, 1.82) is 5.26 Å². The van der Waals surface area contributed by atoms with Crippen molar-refractivity contribution in [2.24, 2.45) is 0 Å². The zero-order valence-corrected chi connectivity index (χ0v) is 31.3. The SMILES string of the molecule is CCCOc1cc(/C=C/c2nccc(-c3cccc(NC(=O)c4ccc(CN5CC[C@@H](O)C5)cn4)c3C)c2C#N)cc(OC)c1CN1CCCC[C@H]1C. The second kappa shape index (κ2) is 17.6. The first-order chi connectivity index (χ1) is 25.8. The number of methoxy groups -OCH3 is 1. The first kappa shape index (κ1) is 37.7. The van der Waals surface area contributed by atoms with Gasteiger partial charge in [-0.3, -0.25) is 24.6 Å². The number of pyridine rings is 2. The highest BCUT2D eigenvalue weighted by atomic mass is 16.5. The molecular formula is C43H50N6O4. The van der Waals surface area contributed by atoms with Crippen LogP contribution in [0.5, 0.6) is 11.5 Å². The van der Waals surface area contributed by atoms with Crippen LogP contribution in [0.15, 0.2) is 60.9 Å². The van der Waals surface area contributed by atoms with Crippen molar-refractivity contribution in [3.63, 3.8) is 0 Å². The Hall–Kier alpha value is -5.08. The number of carbonyl (C=O) groups is 1. The largest absolute Gasteiger partial charge is 0.496 e. The lowest BCUT2D eigenvalue weighted by atomic mass is 9.94. The van der Waals surface area contributed by atoms with E-state index in [2.05, 4.69) is 45.0 Å². The van der Waals surface area contributed by atoms with Crippen molar-refractivity contribution < 1.29 is 19.4 Å². The number of nitriles is 1. The summed E-state index contributed by atoms with van der Waals surface area (Å²) in [5, 5.41) is 23.2. The number of hydrogen-bond acceptors (Lipinski definition) is 9. The summed E-state index contributed by atoms with van der Waals surface area (Å²) in [5.74, 6) is 1.28. The highest BCUT2D eigenvalue weighted by Gasteiger charge is 2.23. The van der Waals surface area contributed by atoms with Crippen LogP contribution in [-0.4, -0.2) is 76.3 Å². The molecule has 2 aliphatic rings. The Kier molecular flexibility index (Phi) is 12.5. The van der Waals surface area contributed by atoms with Crippen molar-refractivity contribution >= 4 is 23.7 Å². The lowest BCUT2D eigenvalue weighted by Crippen LogP contribution is -2.37. The molecule has 1 amide bonds. The van der Waals surface area contributed by atoms with E-state index >= 15 is 0 Å². The molecule has 2 aromatic heterocycles. The van der Waals surface area contributed by atoms with Gasteiger partial charge in [-0.2, -0.15) is 5.26 Å². The second-order valence-electron chi connectivity index (χ2n) is 14.1. The van der Waals surface area contributed by atoms with Gasteiger partial charge in [0.2, 0.25) is 0 Å². The average Bonchev–Trinajstić information content (AvgIpc) is 3.59. The highest BCUT2D eigenvalue weighted by Crippen LogP contribution is 2.36. The Balaban J connectivity index is 1.22. The molecule has 53 heavy (non-hydrogen) atoms. The summed E-state index contributed by atoms with van der Waals surface area (Å²) in [6, 6.07) is 18.1. The third-order valence-corrected chi connectivity index (χ3v) is 10.3. The van der Waals surface area contributed by atoms with Crippen molar-refractivity contribution in [2.45, 2.75) is 78.1 Å². The number of aromatic nitrogens is 2. The van der Waals surface area contributed by atoms with Crippen LogP contribution in [0.4, 0.5) is 5.69 Å². The zero-order chi connectivity index (χ0) is 37.3. The maximum Gasteiger partial charge on any atom is 0.274 e. The van der Waals surface area contributed by atoms with Crippen LogP contribution in [0, 0.1) is 18.3 Å². The van der Waals surface area contributed by atoms with E-state index in [4.69, 9.17) is 9.47 Å². The maximum atomic E-state index is 13.3. The standard InChI is InChI=1S/C43H50N6O4/c1-5-21-53-42-23-31(22-41(52-4)37(42)28-49-19-7-6-9-29(49)2)12-14-39-36(24-44)35(16-18-45-39)34-10-8-11-38(30(34)3)47-43(51)40-15-13-32(25-46-40)26-48-20-17-33(50)27-48/h8,10-16,18,22-23,25,29,33,50H,5-7,9,17,19-21,26-28H2,1-4H3,(H,47,51)/b14-12+/t29-,33-/m1/s1. The summed E-state index contributed by atoms with van der Waals surface area (Å²) >= 11 is 0. The number of likely N-dealkylation sites (tertiary alicyclic amines) is 2. The number of nitrogens with zero attached hydrogens (tertiary/aromatic N) is 5. The van der Waals surface area contributed by atoms with E-state index in [9.17, 15) is 15.2 Å². The molecule has 2 saturated heterocycles. The van der Waals surface area contributed by atoms with Gasteiger partial charge in [0.1, 0.15) is 23.3 Å². The van der Waals surface area contributed by atoms with E-state index in [0.717, 1.165) is 77.4 Å². The third kappa shape index (κ3) is 9.11. The molecule has 0 aliphatic carbocycles. The molecule has 4 heterocycles. The Morgan fingerprint density at radius 1 is 1.06 bits per heavy atom. The van der Waals surface area contributed by atoms with Gasteiger partial charge in [0.15, 0.2) is 0 Å². The zero-order valence-electron chi connectivity index (χ0n) is 31.3.